The number of Topliss-reactive ketones (excluding diaryl/α,β-unsaturated/α-hetero) is 1. The first-order valence-electron chi connectivity index (χ1n) is 7.92. The first-order valence-corrected chi connectivity index (χ1v) is 7.92. The van der Waals surface area contributed by atoms with Crippen LogP contribution in [0.2, 0.25) is 0 Å². The van der Waals surface area contributed by atoms with Crippen LogP contribution in [0, 0.1) is 5.92 Å². The van der Waals surface area contributed by atoms with E-state index in [1.165, 1.54) is 31.3 Å². The Kier molecular flexibility index (Phi) is 3.90. The lowest BCUT2D eigenvalue weighted by molar-refractivity contribution is -0.121. The van der Waals surface area contributed by atoms with E-state index in [1.54, 1.807) is 0 Å². The van der Waals surface area contributed by atoms with Crippen molar-refractivity contribution in [3.8, 4) is 0 Å². The van der Waals surface area contributed by atoms with Crippen molar-refractivity contribution in [1.82, 2.24) is 0 Å². The number of rotatable bonds is 3. The van der Waals surface area contributed by atoms with Gasteiger partial charge in [-0.15, -0.1) is 0 Å². The van der Waals surface area contributed by atoms with Gasteiger partial charge in [0, 0.05) is 18.2 Å². The number of ketones is 1. The molecular formula is C18H23NO. The van der Waals surface area contributed by atoms with Gasteiger partial charge in [0.2, 0.25) is 0 Å². The molecule has 0 radical (unpaired) electrons. The monoisotopic (exact) mass is 269 g/mol. The summed E-state index contributed by atoms with van der Waals surface area (Å²) in [4.78, 5) is 14.7. The minimum absolute atomic E-state index is 0.239. The number of allylic oxidation sites excluding steroid dienone is 2. The molecule has 0 spiro atoms. The van der Waals surface area contributed by atoms with Crippen molar-refractivity contribution < 1.29 is 4.79 Å². The molecule has 2 heteroatoms. The Hall–Kier alpha value is -1.57. The lowest BCUT2D eigenvalue weighted by Crippen LogP contribution is -2.42. The second-order valence-corrected chi connectivity index (χ2v) is 5.82. The molecule has 3 rings (SSSR count). The summed E-state index contributed by atoms with van der Waals surface area (Å²) in [5.74, 6) is 0.621. The highest BCUT2D eigenvalue weighted by molar-refractivity contribution is 6.09. The summed E-state index contributed by atoms with van der Waals surface area (Å²) >= 11 is 0. The van der Waals surface area contributed by atoms with Crippen LogP contribution >= 0.6 is 0 Å². The van der Waals surface area contributed by atoms with E-state index in [2.05, 4.69) is 24.0 Å². The average Bonchev–Trinajstić information content (AvgIpc) is 2.47. The Morgan fingerprint density at radius 3 is 2.60 bits per heavy atom. The molecule has 0 bridgehead atoms. The molecule has 1 atom stereocenters. The highest BCUT2D eigenvalue weighted by atomic mass is 16.1. The maximum Gasteiger partial charge on any atom is 0.186 e. The number of benzene rings is 1. The molecular weight excluding hydrogens is 246 g/mol. The molecule has 1 saturated carbocycles. The molecule has 2 aliphatic carbocycles. The van der Waals surface area contributed by atoms with Crippen molar-refractivity contribution in [2.75, 3.05) is 11.4 Å². The number of nitrogens with zero attached hydrogens (tertiary/aromatic N) is 1. The molecule has 0 heterocycles. The van der Waals surface area contributed by atoms with Crippen LogP contribution < -0.4 is 4.90 Å². The maximum atomic E-state index is 12.5. The largest absolute Gasteiger partial charge is 0.339 e. The van der Waals surface area contributed by atoms with Crippen LogP contribution in [-0.2, 0) is 4.79 Å². The summed E-state index contributed by atoms with van der Waals surface area (Å²) in [6.45, 7) is 2.99. The van der Waals surface area contributed by atoms with Gasteiger partial charge in [0.05, 0.1) is 5.70 Å². The van der Waals surface area contributed by atoms with Gasteiger partial charge in [-0.25, -0.2) is 0 Å². The molecule has 106 valence electrons. The Bertz CT molecular complexity index is 517. The molecule has 2 aliphatic rings. The normalized spacial score (nSPS) is 22.6. The molecule has 0 aliphatic heterocycles. The third-order valence-corrected chi connectivity index (χ3v) is 4.62. The SMILES string of the molecule is CCN(C1=C2CCCCCCC2C1=O)c1ccccc1. The molecule has 0 amide bonds. The van der Waals surface area contributed by atoms with E-state index in [-0.39, 0.29) is 5.92 Å². The zero-order valence-corrected chi connectivity index (χ0v) is 12.3. The lowest BCUT2D eigenvalue weighted by atomic mass is 9.72. The van der Waals surface area contributed by atoms with E-state index < -0.39 is 0 Å². The number of fused-ring (bicyclic) bond motifs is 1. The van der Waals surface area contributed by atoms with Gasteiger partial charge in [-0.05, 0) is 43.9 Å². The summed E-state index contributed by atoms with van der Waals surface area (Å²) in [7, 11) is 0. The van der Waals surface area contributed by atoms with Crippen LogP contribution in [0.1, 0.15) is 45.4 Å². The van der Waals surface area contributed by atoms with Crippen molar-refractivity contribution in [2.45, 2.75) is 45.4 Å². The van der Waals surface area contributed by atoms with Gasteiger partial charge in [0.15, 0.2) is 5.78 Å². The van der Waals surface area contributed by atoms with E-state index in [9.17, 15) is 4.79 Å². The zero-order chi connectivity index (χ0) is 13.9. The molecule has 20 heavy (non-hydrogen) atoms. The summed E-state index contributed by atoms with van der Waals surface area (Å²) < 4.78 is 0. The van der Waals surface area contributed by atoms with Gasteiger partial charge >= 0.3 is 0 Å². The van der Waals surface area contributed by atoms with Crippen LogP contribution in [-0.4, -0.2) is 12.3 Å². The molecule has 1 aromatic carbocycles. The number of likely N-dealkylation sites (N-methyl/N-ethyl adjacent to an activating group) is 1. The topological polar surface area (TPSA) is 20.3 Å². The molecule has 0 N–H and O–H groups in total. The predicted molar refractivity (Wildman–Crippen MR) is 82.7 cm³/mol. The van der Waals surface area contributed by atoms with Crippen molar-refractivity contribution in [1.29, 1.82) is 0 Å². The standard InChI is InChI=1S/C18H23NO/c1-2-19(14-10-6-5-7-11-14)17-15-12-8-3-4-9-13-16(15)18(17)20/h5-7,10-11,16H,2-4,8-9,12-13H2,1H3. The second kappa shape index (κ2) is 5.82. The molecule has 1 aromatic rings. The lowest BCUT2D eigenvalue weighted by Gasteiger charge is -2.40. The number of hydrogen-bond donors (Lipinski definition) is 0. The first-order chi connectivity index (χ1) is 9.83. The van der Waals surface area contributed by atoms with Gasteiger partial charge in [0.25, 0.3) is 0 Å². The average molecular weight is 269 g/mol. The van der Waals surface area contributed by atoms with Crippen molar-refractivity contribution in [2.24, 2.45) is 5.92 Å². The smallest absolute Gasteiger partial charge is 0.186 e. The van der Waals surface area contributed by atoms with E-state index in [1.807, 2.05) is 18.2 Å². The summed E-state index contributed by atoms with van der Waals surface area (Å²) in [5, 5.41) is 0. The van der Waals surface area contributed by atoms with Crippen LogP contribution in [0.5, 0.6) is 0 Å². The molecule has 0 aromatic heterocycles. The Labute approximate surface area is 121 Å². The third-order valence-electron chi connectivity index (χ3n) is 4.62. The summed E-state index contributed by atoms with van der Waals surface area (Å²) in [6, 6.07) is 10.3. The quantitative estimate of drug-likeness (QED) is 0.814. The number of carbonyl (C=O) groups is 1. The van der Waals surface area contributed by atoms with Gasteiger partial charge < -0.3 is 4.90 Å². The zero-order valence-electron chi connectivity index (χ0n) is 12.3. The van der Waals surface area contributed by atoms with Crippen molar-refractivity contribution in [3.05, 3.63) is 41.6 Å². The van der Waals surface area contributed by atoms with Gasteiger partial charge in [0.1, 0.15) is 0 Å². The van der Waals surface area contributed by atoms with Crippen molar-refractivity contribution in [3.63, 3.8) is 0 Å². The van der Waals surface area contributed by atoms with Crippen LogP contribution in [0.25, 0.3) is 0 Å². The van der Waals surface area contributed by atoms with Gasteiger partial charge in [-0.3, -0.25) is 4.79 Å². The third kappa shape index (κ3) is 2.28. The number of hydrogen-bond acceptors (Lipinski definition) is 2. The predicted octanol–water partition coefficient (Wildman–Crippen LogP) is 4.32. The minimum Gasteiger partial charge on any atom is -0.339 e. The van der Waals surface area contributed by atoms with Crippen LogP contribution in [0.4, 0.5) is 5.69 Å². The fourth-order valence-electron chi connectivity index (χ4n) is 3.57. The first kappa shape index (κ1) is 13.4. The molecule has 1 unspecified atom stereocenters. The van der Waals surface area contributed by atoms with E-state index >= 15 is 0 Å². The Morgan fingerprint density at radius 1 is 1.10 bits per heavy atom. The second-order valence-electron chi connectivity index (χ2n) is 5.82. The van der Waals surface area contributed by atoms with Crippen molar-refractivity contribution >= 4 is 11.5 Å². The maximum absolute atomic E-state index is 12.5. The Balaban J connectivity index is 1.92. The molecule has 0 saturated heterocycles. The molecule has 2 nitrogen and oxygen atoms in total. The highest BCUT2D eigenvalue weighted by Gasteiger charge is 2.41. The summed E-state index contributed by atoms with van der Waals surface area (Å²) in [5.41, 5.74) is 3.58. The van der Waals surface area contributed by atoms with E-state index in [4.69, 9.17) is 0 Å². The highest BCUT2D eigenvalue weighted by Crippen LogP contribution is 2.42. The van der Waals surface area contributed by atoms with E-state index in [0.717, 1.165) is 30.8 Å². The minimum atomic E-state index is 0.239. The fraction of sp³-hybridized carbons (Fsp3) is 0.500. The summed E-state index contributed by atoms with van der Waals surface area (Å²) in [6.07, 6.45) is 7.26. The van der Waals surface area contributed by atoms with Crippen LogP contribution in [0.3, 0.4) is 0 Å². The Morgan fingerprint density at radius 2 is 1.85 bits per heavy atom. The fourth-order valence-corrected chi connectivity index (χ4v) is 3.57. The van der Waals surface area contributed by atoms with Gasteiger partial charge in [-0.1, -0.05) is 37.5 Å². The number of para-hydroxylation sites is 1. The van der Waals surface area contributed by atoms with Crippen LogP contribution in [0.15, 0.2) is 41.6 Å². The molecule has 1 fully saturated rings. The van der Waals surface area contributed by atoms with E-state index in [0.29, 0.717) is 5.78 Å². The number of anilines is 1. The number of carbonyl (C=O) groups excluding carboxylic acids is 1. The van der Waals surface area contributed by atoms with Gasteiger partial charge in [-0.2, -0.15) is 0 Å².